The predicted octanol–water partition coefficient (Wildman–Crippen LogP) is 0.0968. The van der Waals surface area contributed by atoms with Crippen molar-refractivity contribution >= 4 is 11.8 Å². The van der Waals surface area contributed by atoms with Crippen molar-refractivity contribution in [2.75, 3.05) is 13.6 Å². The fourth-order valence-electron chi connectivity index (χ4n) is 1.21. The molecule has 3 N–H and O–H groups in total. The van der Waals surface area contributed by atoms with Crippen LogP contribution in [0, 0.1) is 0 Å². The van der Waals surface area contributed by atoms with Gasteiger partial charge in [0.25, 0.3) is 0 Å². The van der Waals surface area contributed by atoms with Gasteiger partial charge in [0.2, 0.25) is 11.8 Å². The van der Waals surface area contributed by atoms with E-state index in [1.54, 1.807) is 7.05 Å². The highest BCUT2D eigenvalue weighted by molar-refractivity contribution is 5.87. The van der Waals surface area contributed by atoms with E-state index in [-0.39, 0.29) is 23.9 Å². The van der Waals surface area contributed by atoms with Crippen molar-refractivity contribution in [1.29, 1.82) is 0 Å². The summed E-state index contributed by atoms with van der Waals surface area (Å²) in [6.45, 7) is 7.56. The Balaban J connectivity index is 4.20. The molecule has 5 heteroatoms. The molecule has 0 heterocycles. The van der Waals surface area contributed by atoms with E-state index in [1.807, 2.05) is 27.7 Å². The van der Waals surface area contributed by atoms with Crippen molar-refractivity contribution in [1.82, 2.24) is 10.2 Å². The molecule has 16 heavy (non-hydrogen) atoms. The van der Waals surface area contributed by atoms with Gasteiger partial charge < -0.3 is 16.0 Å². The fourth-order valence-corrected chi connectivity index (χ4v) is 1.21. The molecular formula is C11H23N3O2. The Bertz CT molecular complexity index is 258. The van der Waals surface area contributed by atoms with Crippen molar-refractivity contribution in [3.63, 3.8) is 0 Å². The van der Waals surface area contributed by atoms with Crippen LogP contribution in [0.1, 0.15) is 34.1 Å². The molecule has 2 amide bonds. The second-order valence-electron chi connectivity index (χ2n) is 5.01. The lowest BCUT2D eigenvalue weighted by atomic mass is 10.1. The van der Waals surface area contributed by atoms with Gasteiger partial charge in [-0.15, -0.1) is 0 Å². The average Bonchev–Trinajstić information content (AvgIpc) is 2.12. The van der Waals surface area contributed by atoms with E-state index in [4.69, 9.17) is 5.73 Å². The molecule has 0 aromatic carbocycles. The van der Waals surface area contributed by atoms with Gasteiger partial charge in [-0.25, -0.2) is 0 Å². The number of rotatable bonds is 4. The molecule has 0 aliphatic rings. The van der Waals surface area contributed by atoms with Crippen LogP contribution in [0.2, 0.25) is 0 Å². The molecule has 0 rings (SSSR count). The Morgan fingerprint density at radius 1 is 1.38 bits per heavy atom. The summed E-state index contributed by atoms with van der Waals surface area (Å²) in [5.41, 5.74) is 5.31. The fraction of sp³-hybridized carbons (Fsp3) is 0.818. The predicted molar refractivity (Wildman–Crippen MR) is 63.8 cm³/mol. The zero-order valence-corrected chi connectivity index (χ0v) is 10.8. The van der Waals surface area contributed by atoms with Gasteiger partial charge in [0.05, 0.1) is 12.6 Å². The maximum absolute atomic E-state index is 11.6. The van der Waals surface area contributed by atoms with E-state index in [0.29, 0.717) is 6.42 Å². The molecule has 0 aromatic heterocycles. The highest BCUT2D eigenvalue weighted by Gasteiger charge is 2.20. The molecule has 0 bridgehead atoms. The van der Waals surface area contributed by atoms with Crippen LogP contribution in [-0.4, -0.2) is 41.9 Å². The van der Waals surface area contributed by atoms with Gasteiger partial charge in [-0.2, -0.15) is 0 Å². The smallest absolute Gasteiger partial charge is 0.240 e. The Morgan fingerprint density at radius 2 is 1.88 bits per heavy atom. The molecular weight excluding hydrogens is 206 g/mol. The highest BCUT2D eigenvalue weighted by atomic mass is 16.2. The molecule has 0 saturated heterocycles. The number of hydrogen-bond acceptors (Lipinski definition) is 3. The van der Waals surface area contributed by atoms with Crippen LogP contribution in [0.3, 0.4) is 0 Å². The third kappa shape index (κ3) is 5.70. The average molecular weight is 229 g/mol. The molecule has 94 valence electrons. The summed E-state index contributed by atoms with van der Waals surface area (Å²) in [5, 5.41) is 2.79. The summed E-state index contributed by atoms with van der Waals surface area (Å²) in [6.07, 6.45) is 0.573. The Kier molecular flexibility index (Phi) is 5.44. The van der Waals surface area contributed by atoms with E-state index in [1.165, 1.54) is 4.90 Å². The van der Waals surface area contributed by atoms with Crippen molar-refractivity contribution in [2.45, 2.75) is 45.7 Å². The first-order valence-electron chi connectivity index (χ1n) is 5.49. The molecule has 0 spiro atoms. The molecule has 5 nitrogen and oxygen atoms in total. The summed E-state index contributed by atoms with van der Waals surface area (Å²) in [7, 11) is 1.58. The molecule has 0 fully saturated rings. The Labute approximate surface area is 97.4 Å². The van der Waals surface area contributed by atoms with E-state index >= 15 is 0 Å². The monoisotopic (exact) mass is 229 g/mol. The number of nitrogens with two attached hydrogens (primary N) is 1. The van der Waals surface area contributed by atoms with Gasteiger partial charge >= 0.3 is 0 Å². The SMILES string of the molecule is CC[C@H](N)C(=O)N(C)CC(=O)NC(C)(C)C. The second-order valence-corrected chi connectivity index (χ2v) is 5.01. The first-order valence-corrected chi connectivity index (χ1v) is 5.49. The summed E-state index contributed by atoms with van der Waals surface area (Å²) in [5.74, 6) is -0.377. The number of hydrogen-bond donors (Lipinski definition) is 2. The van der Waals surface area contributed by atoms with Crippen LogP contribution in [0.4, 0.5) is 0 Å². The van der Waals surface area contributed by atoms with Crippen LogP contribution < -0.4 is 11.1 Å². The molecule has 0 unspecified atom stereocenters. The van der Waals surface area contributed by atoms with E-state index in [2.05, 4.69) is 5.32 Å². The number of likely N-dealkylation sites (N-methyl/N-ethyl adjacent to an activating group) is 1. The molecule has 0 aliphatic carbocycles. The largest absolute Gasteiger partial charge is 0.350 e. The van der Waals surface area contributed by atoms with Crippen molar-refractivity contribution < 1.29 is 9.59 Å². The van der Waals surface area contributed by atoms with Crippen LogP contribution in [0.15, 0.2) is 0 Å². The minimum atomic E-state index is -0.521. The topological polar surface area (TPSA) is 75.4 Å². The summed E-state index contributed by atoms with van der Waals surface area (Å²) in [6, 6.07) is -0.521. The van der Waals surface area contributed by atoms with Gasteiger partial charge in [0.1, 0.15) is 0 Å². The lowest BCUT2D eigenvalue weighted by Crippen LogP contribution is -2.49. The summed E-state index contributed by atoms with van der Waals surface area (Å²) >= 11 is 0. The quantitative estimate of drug-likeness (QED) is 0.717. The van der Waals surface area contributed by atoms with Gasteiger partial charge in [0, 0.05) is 12.6 Å². The van der Waals surface area contributed by atoms with Crippen LogP contribution in [-0.2, 0) is 9.59 Å². The number of nitrogens with zero attached hydrogens (tertiary/aromatic N) is 1. The van der Waals surface area contributed by atoms with E-state index < -0.39 is 6.04 Å². The lowest BCUT2D eigenvalue weighted by molar-refractivity contribution is -0.136. The van der Waals surface area contributed by atoms with Crippen LogP contribution >= 0.6 is 0 Å². The third-order valence-electron chi connectivity index (χ3n) is 2.03. The zero-order chi connectivity index (χ0) is 12.9. The molecule has 1 atom stereocenters. The van der Waals surface area contributed by atoms with Crippen LogP contribution in [0.5, 0.6) is 0 Å². The van der Waals surface area contributed by atoms with E-state index in [0.717, 1.165) is 0 Å². The van der Waals surface area contributed by atoms with Gasteiger partial charge in [-0.05, 0) is 27.2 Å². The number of nitrogens with one attached hydrogen (secondary N) is 1. The number of amides is 2. The molecule has 0 aromatic rings. The van der Waals surface area contributed by atoms with E-state index in [9.17, 15) is 9.59 Å². The maximum Gasteiger partial charge on any atom is 0.240 e. The van der Waals surface area contributed by atoms with Crippen LogP contribution in [0.25, 0.3) is 0 Å². The number of carbonyl (C=O) groups is 2. The Hall–Kier alpha value is -1.10. The second kappa shape index (κ2) is 5.84. The minimum absolute atomic E-state index is 0.0454. The minimum Gasteiger partial charge on any atom is -0.350 e. The molecule has 0 radical (unpaired) electrons. The standard InChI is InChI=1S/C11H23N3O2/c1-6-8(12)10(16)14(5)7-9(15)13-11(2,3)4/h8H,6-7,12H2,1-5H3,(H,13,15)/t8-/m0/s1. The van der Waals surface area contributed by atoms with Gasteiger partial charge in [-0.3, -0.25) is 9.59 Å². The molecule has 0 aliphatic heterocycles. The highest BCUT2D eigenvalue weighted by Crippen LogP contribution is 1.99. The Morgan fingerprint density at radius 3 is 2.25 bits per heavy atom. The third-order valence-corrected chi connectivity index (χ3v) is 2.03. The van der Waals surface area contributed by atoms with Crippen molar-refractivity contribution in [3.8, 4) is 0 Å². The van der Waals surface area contributed by atoms with Crippen molar-refractivity contribution in [2.24, 2.45) is 5.73 Å². The lowest BCUT2D eigenvalue weighted by Gasteiger charge is -2.24. The first kappa shape index (κ1) is 14.9. The van der Waals surface area contributed by atoms with Gasteiger partial charge in [0.15, 0.2) is 0 Å². The normalized spacial score (nSPS) is 13.1. The molecule has 0 saturated carbocycles. The van der Waals surface area contributed by atoms with Crippen molar-refractivity contribution in [3.05, 3.63) is 0 Å². The summed E-state index contributed by atoms with van der Waals surface area (Å²) < 4.78 is 0. The maximum atomic E-state index is 11.6. The summed E-state index contributed by atoms with van der Waals surface area (Å²) in [4.78, 5) is 24.5. The van der Waals surface area contributed by atoms with Gasteiger partial charge in [-0.1, -0.05) is 6.92 Å². The zero-order valence-electron chi connectivity index (χ0n) is 10.8. The first-order chi connectivity index (χ1) is 7.17. The number of carbonyl (C=O) groups excluding carboxylic acids is 2.